The van der Waals surface area contributed by atoms with Crippen LogP contribution in [-0.4, -0.2) is 30.5 Å². The van der Waals surface area contributed by atoms with Crippen molar-refractivity contribution < 1.29 is 13.9 Å². The van der Waals surface area contributed by atoms with Crippen LogP contribution in [0.1, 0.15) is 32.8 Å². The van der Waals surface area contributed by atoms with E-state index in [4.69, 9.17) is 10.5 Å². The Labute approximate surface area is 126 Å². The van der Waals surface area contributed by atoms with Gasteiger partial charge in [-0.25, -0.2) is 4.39 Å². The molecule has 0 saturated carbocycles. The molecule has 0 heterocycles. The highest BCUT2D eigenvalue weighted by Gasteiger charge is 2.21. The average molecular weight is 296 g/mol. The second kappa shape index (κ2) is 7.98. The molecule has 5 heteroatoms. The van der Waals surface area contributed by atoms with Gasteiger partial charge >= 0.3 is 0 Å². The predicted octanol–water partition coefficient (Wildman–Crippen LogP) is 2.56. The van der Waals surface area contributed by atoms with Crippen LogP contribution >= 0.6 is 0 Å². The van der Waals surface area contributed by atoms with Crippen LogP contribution in [0.3, 0.4) is 0 Å². The number of halogens is 1. The van der Waals surface area contributed by atoms with Gasteiger partial charge in [-0.15, -0.1) is 0 Å². The molecule has 0 fully saturated rings. The van der Waals surface area contributed by atoms with Gasteiger partial charge in [-0.3, -0.25) is 4.79 Å². The van der Waals surface area contributed by atoms with E-state index < -0.39 is 11.9 Å². The van der Waals surface area contributed by atoms with Crippen molar-refractivity contribution in [2.45, 2.75) is 39.8 Å². The topological polar surface area (TPSA) is 55.6 Å². The van der Waals surface area contributed by atoms with Crippen LogP contribution in [-0.2, 0) is 11.3 Å². The Morgan fingerprint density at radius 1 is 1.43 bits per heavy atom. The molecule has 1 aromatic rings. The summed E-state index contributed by atoms with van der Waals surface area (Å²) < 4.78 is 18.6. The second-order valence-corrected chi connectivity index (χ2v) is 5.56. The molecule has 0 spiro atoms. The number of amides is 1. The molecule has 0 bridgehead atoms. The number of nitrogens with two attached hydrogens (primary N) is 1. The van der Waals surface area contributed by atoms with Crippen LogP contribution in [0.4, 0.5) is 4.39 Å². The van der Waals surface area contributed by atoms with E-state index in [0.29, 0.717) is 25.4 Å². The Morgan fingerprint density at radius 2 is 2.10 bits per heavy atom. The van der Waals surface area contributed by atoms with Gasteiger partial charge in [0, 0.05) is 13.1 Å². The van der Waals surface area contributed by atoms with E-state index in [0.717, 1.165) is 5.56 Å². The quantitative estimate of drug-likeness (QED) is 0.841. The highest BCUT2D eigenvalue weighted by atomic mass is 19.1. The fourth-order valence-electron chi connectivity index (χ4n) is 2.22. The largest absolute Gasteiger partial charge is 0.494 e. The first-order chi connectivity index (χ1) is 9.88. The minimum absolute atomic E-state index is 0.0950. The molecule has 0 aliphatic rings. The smallest absolute Gasteiger partial charge is 0.239 e. The highest BCUT2D eigenvalue weighted by Crippen LogP contribution is 2.19. The van der Waals surface area contributed by atoms with Gasteiger partial charge in [0.15, 0.2) is 11.6 Å². The van der Waals surface area contributed by atoms with E-state index in [1.54, 1.807) is 17.0 Å². The Morgan fingerprint density at radius 3 is 2.57 bits per heavy atom. The molecule has 4 nitrogen and oxygen atoms in total. The predicted molar refractivity (Wildman–Crippen MR) is 81.5 cm³/mol. The van der Waals surface area contributed by atoms with Crippen molar-refractivity contribution in [2.75, 3.05) is 13.7 Å². The number of nitrogens with zero attached hydrogens (tertiary/aromatic N) is 1. The van der Waals surface area contributed by atoms with Crippen molar-refractivity contribution >= 4 is 5.91 Å². The first kappa shape index (κ1) is 17.4. The molecule has 2 N–H and O–H groups in total. The zero-order valence-electron chi connectivity index (χ0n) is 13.2. The van der Waals surface area contributed by atoms with Crippen molar-refractivity contribution in [3.8, 4) is 5.75 Å². The molecule has 0 aliphatic carbocycles. The third kappa shape index (κ3) is 5.01. The lowest BCUT2D eigenvalue weighted by atomic mass is 10.0. The number of carbonyl (C=O) groups is 1. The maximum absolute atomic E-state index is 13.7. The molecule has 0 unspecified atom stereocenters. The summed E-state index contributed by atoms with van der Waals surface area (Å²) in [6, 6.07) is 4.21. The summed E-state index contributed by atoms with van der Waals surface area (Å²) in [6.07, 6.45) is 0.645. The van der Waals surface area contributed by atoms with Crippen LogP contribution in [0, 0.1) is 11.7 Å². The molecule has 118 valence electrons. The summed E-state index contributed by atoms with van der Waals surface area (Å²) in [4.78, 5) is 14.0. The van der Waals surface area contributed by atoms with E-state index in [2.05, 4.69) is 0 Å². The molecule has 21 heavy (non-hydrogen) atoms. The standard InChI is InChI=1S/C16H25FN2O2/c1-5-19(16(20)14(18)8-11(2)3)10-12-6-7-15(21-4)13(17)9-12/h6-7,9,11,14H,5,8,10,18H2,1-4H3/t14-/m0/s1. The van der Waals surface area contributed by atoms with E-state index >= 15 is 0 Å². The number of hydrogen-bond acceptors (Lipinski definition) is 3. The number of carbonyl (C=O) groups excluding carboxylic acids is 1. The first-order valence-corrected chi connectivity index (χ1v) is 7.25. The molecule has 1 aromatic carbocycles. The highest BCUT2D eigenvalue weighted by molar-refractivity contribution is 5.81. The van der Waals surface area contributed by atoms with Gasteiger partial charge in [0.2, 0.25) is 5.91 Å². The lowest BCUT2D eigenvalue weighted by Crippen LogP contribution is -2.44. The first-order valence-electron chi connectivity index (χ1n) is 7.25. The summed E-state index contributed by atoms with van der Waals surface area (Å²) in [5, 5.41) is 0. The maximum atomic E-state index is 13.7. The monoisotopic (exact) mass is 296 g/mol. The van der Waals surface area contributed by atoms with Crippen molar-refractivity contribution in [1.29, 1.82) is 0 Å². The van der Waals surface area contributed by atoms with E-state index in [1.807, 2.05) is 20.8 Å². The molecule has 0 aromatic heterocycles. The molecule has 0 radical (unpaired) electrons. The van der Waals surface area contributed by atoms with Crippen LogP contribution in [0.2, 0.25) is 0 Å². The van der Waals surface area contributed by atoms with Gasteiger partial charge in [-0.2, -0.15) is 0 Å². The van der Waals surface area contributed by atoms with Gasteiger partial charge < -0.3 is 15.4 Å². The number of hydrogen-bond donors (Lipinski definition) is 1. The van der Waals surface area contributed by atoms with Crippen LogP contribution < -0.4 is 10.5 Å². The molecular weight excluding hydrogens is 271 g/mol. The average Bonchev–Trinajstić information content (AvgIpc) is 2.43. The zero-order valence-corrected chi connectivity index (χ0v) is 13.2. The number of benzene rings is 1. The third-order valence-corrected chi connectivity index (χ3v) is 3.33. The summed E-state index contributed by atoms with van der Waals surface area (Å²) >= 11 is 0. The Kier molecular flexibility index (Phi) is 6.62. The zero-order chi connectivity index (χ0) is 16.0. The van der Waals surface area contributed by atoms with Gasteiger partial charge in [-0.05, 0) is 37.0 Å². The minimum atomic E-state index is -0.506. The van der Waals surface area contributed by atoms with Gasteiger partial charge in [0.1, 0.15) is 0 Å². The molecule has 0 aliphatic heterocycles. The van der Waals surface area contributed by atoms with Crippen LogP contribution in [0.15, 0.2) is 18.2 Å². The minimum Gasteiger partial charge on any atom is -0.494 e. The van der Waals surface area contributed by atoms with Crippen LogP contribution in [0.5, 0.6) is 5.75 Å². The Balaban J connectivity index is 2.77. The number of methoxy groups -OCH3 is 1. The third-order valence-electron chi connectivity index (χ3n) is 3.33. The lowest BCUT2D eigenvalue weighted by Gasteiger charge is -2.25. The van der Waals surface area contributed by atoms with Crippen molar-refractivity contribution in [2.24, 2.45) is 11.7 Å². The second-order valence-electron chi connectivity index (χ2n) is 5.56. The molecule has 1 amide bonds. The van der Waals surface area contributed by atoms with Crippen molar-refractivity contribution in [3.63, 3.8) is 0 Å². The molecule has 0 saturated heterocycles. The van der Waals surface area contributed by atoms with Crippen LogP contribution in [0.25, 0.3) is 0 Å². The van der Waals surface area contributed by atoms with Gasteiger partial charge in [-0.1, -0.05) is 19.9 Å². The normalized spacial score (nSPS) is 12.3. The van der Waals surface area contributed by atoms with Gasteiger partial charge in [0.05, 0.1) is 13.2 Å². The Bertz CT molecular complexity index is 477. The molecule has 1 atom stereocenters. The number of rotatable bonds is 7. The van der Waals surface area contributed by atoms with Crippen molar-refractivity contribution in [3.05, 3.63) is 29.6 Å². The molecule has 1 rings (SSSR count). The van der Waals surface area contributed by atoms with E-state index in [1.165, 1.54) is 13.2 Å². The summed E-state index contributed by atoms with van der Waals surface area (Å²) in [6.45, 7) is 6.84. The SMILES string of the molecule is CCN(Cc1ccc(OC)c(F)c1)C(=O)[C@@H](N)CC(C)C. The fraction of sp³-hybridized carbons (Fsp3) is 0.562. The fourth-order valence-corrected chi connectivity index (χ4v) is 2.22. The molecular formula is C16H25FN2O2. The van der Waals surface area contributed by atoms with E-state index in [-0.39, 0.29) is 11.7 Å². The van der Waals surface area contributed by atoms with Crippen molar-refractivity contribution in [1.82, 2.24) is 4.90 Å². The van der Waals surface area contributed by atoms with E-state index in [9.17, 15) is 9.18 Å². The maximum Gasteiger partial charge on any atom is 0.239 e. The number of ether oxygens (including phenoxy) is 1. The lowest BCUT2D eigenvalue weighted by molar-refractivity contribution is -0.133. The summed E-state index contributed by atoms with van der Waals surface area (Å²) in [5.41, 5.74) is 6.66. The Hall–Kier alpha value is -1.62. The number of likely N-dealkylation sites (N-methyl/N-ethyl adjacent to an activating group) is 1. The summed E-state index contributed by atoms with van der Waals surface area (Å²) in [5.74, 6) is 0.0399. The summed E-state index contributed by atoms with van der Waals surface area (Å²) in [7, 11) is 1.42. The van der Waals surface area contributed by atoms with Gasteiger partial charge in [0.25, 0.3) is 0 Å².